The van der Waals surface area contributed by atoms with Crippen LogP contribution in [0.2, 0.25) is 0 Å². The summed E-state index contributed by atoms with van der Waals surface area (Å²) in [6, 6.07) is 10.1. The summed E-state index contributed by atoms with van der Waals surface area (Å²) in [5.41, 5.74) is 2.15. The summed E-state index contributed by atoms with van der Waals surface area (Å²) in [5.74, 6) is -0.277. The van der Waals surface area contributed by atoms with E-state index in [1.54, 1.807) is 0 Å². The normalized spacial score (nSPS) is 10.2. The molecule has 1 heterocycles. The predicted octanol–water partition coefficient (Wildman–Crippen LogP) is 2.91. The Bertz CT molecular complexity index is 498. The number of nitrogens with zero attached hydrogens (tertiary/aromatic N) is 1. The van der Waals surface area contributed by atoms with Crippen molar-refractivity contribution in [2.75, 3.05) is 11.2 Å². The zero-order chi connectivity index (χ0) is 12.1. The highest BCUT2D eigenvalue weighted by Crippen LogP contribution is 2.18. The second-order valence-corrected chi connectivity index (χ2v) is 4.61. The van der Waals surface area contributed by atoms with Gasteiger partial charge in [-0.2, -0.15) is 0 Å². The largest absolute Gasteiger partial charge is 0.301 e. The van der Waals surface area contributed by atoms with Gasteiger partial charge < -0.3 is 5.32 Å². The predicted molar refractivity (Wildman–Crippen MR) is 70.7 cm³/mol. The second-order valence-electron chi connectivity index (χ2n) is 3.49. The van der Waals surface area contributed by atoms with Crippen LogP contribution in [0, 0.1) is 0 Å². The van der Waals surface area contributed by atoms with Crippen molar-refractivity contribution in [2.24, 2.45) is 0 Å². The Balaban J connectivity index is 2.01. The fraction of sp³-hybridized carbons (Fsp3) is 0.167. The van der Waals surface area contributed by atoms with Crippen LogP contribution in [-0.2, 0) is 11.2 Å². The molecule has 17 heavy (non-hydrogen) atoms. The summed E-state index contributed by atoms with van der Waals surface area (Å²) >= 11 is 6.81. The Morgan fingerprint density at radius 1 is 1.35 bits per heavy atom. The quantitative estimate of drug-likeness (QED) is 0.865. The average molecular weight is 267 g/mol. The minimum atomic E-state index is -0.229. The summed E-state index contributed by atoms with van der Waals surface area (Å²) in [4.78, 5) is 15.4. The molecule has 0 aliphatic heterocycles. The van der Waals surface area contributed by atoms with Crippen molar-refractivity contribution < 1.29 is 4.79 Å². The van der Waals surface area contributed by atoms with E-state index in [2.05, 4.69) is 22.4 Å². The topological polar surface area (TPSA) is 42.0 Å². The molecule has 0 aliphatic rings. The summed E-state index contributed by atoms with van der Waals surface area (Å²) in [6.45, 7) is 0. The molecule has 1 N–H and O–H groups in total. The average Bonchev–Trinajstić information content (AvgIpc) is 2.77. The van der Waals surface area contributed by atoms with Gasteiger partial charge in [-0.3, -0.25) is 4.79 Å². The fourth-order valence-electron chi connectivity index (χ4n) is 1.40. The van der Waals surface area contributed by atoms with E-state index in [4.69, 9.17) is 11.6 Å². The maximum absolute atomic E-state index is 11.1. The Kier molecular flexibility index (Phi) is 4.12. The van der Waals surface area contributed by atoms with Gasteiger partial charge in [-0.15, -0.1) is 22.9 Å². The molecule has 3 nitrogen and oxygen atoms in total. The number of anilines is 1. The maximum Gasteiger partial charge on any atom is 0.241 e. The number of amides is 1. The van der Waals surface area contributed by atoms with Crippen LogP contribution in [0.5, 0.6) is 0 Å². The third-order valence-electron chi connectivity index (χ3n) is 2.15. The zero-order valence-corrected chi connectivity index (χ0v) is 10.6. The van der Waals surface area contributed by atoms with Gasteiger partial charge in [0.1, 0.15) is 5.88 Å². The molecule has 88 valence electrons. The summed E-state index contributed by atoms with van der Waals surface area (Å²) in [7, 11) is 0. The third-order valence-corrected chi connectivity index (χ3v) is 3.20. The molecular formula is C12H11ClN2OS. The lowest BCUT2D eigenvalue weighted by Gasteiger charge is -1.97. The highest BCUT2D eigenvalue weighted by atomic mass is 35.5. The highest BCUT2D eigenvalue weighted by Gasteiger charge is 2.05. The minimum Gasteiger partial charge on any atom is -0.301 e. The van der Waals surface area contributed by atoms with Crippen molar-refractivity contribution in [1.82, 2.24) is 4.98 Å². The van der Waals surface area contributed by atoms with Gasteiger partial charge in [-0.25, -0.2) is 4.98 Å². The van der Waals surface area contributed by atoms with E-state index < -0.39 is 0 Å². The van der Waals surface area contributed by atoms with Gasteiger partial charge in [0, 0.05) is 11.8 Å². The first-order valence-electron chi connectivity index (χ1n) is 5.12. The number of thiazole rings is 1. The molecule has 5 heteroatoms. The van der Waals surface area contributed by atoms with E-state index in [9.17, 15) is 4.79 Å². The number of aromatic nitrogens is 1. The standard InChI is InChI=1S/C12H11ClN2OS/c13-7-11(16)15-12-14-10(8-17-12)6-9-4-2-1-3-5-9/h1-5,8H,6-7H2,(H,14,15,16). The Morgan fingerprint density at radius 3 is 2.82 bits per heavy atom. The second kappa shape index (κ2) is 5.80. The smallest absolute Gasteiger partial charge is 0.241 e. The van der Waals surface area contributed by atoms with Gasteiger partial charge in [0.2, 0.25) is 5.91 Å². The number of hydrogen-bond acceptors (Lipinski definition) is 3. The molecule has 0 saturated heterocycles. The molecule has 1 aromatic heterocycles. The first kappa shape index (κ1) is 12.1. The monoisotopic (exact) mass is 266 g/mol. The van der Waals surface area contributed by atoms with Crippen LogP contribution in [-0.4, -0.2) is 16.8 Å². The number of hydrogen-bond donors (Lipinski definition) is 1. The third kappa shape index (κ3) is 3.54. The lowest BCUT2D eigenvalue weighted by molar-refractivity contribution is -0.113. The van der Waals surface area contributed by atoms with Crippen molar-refractivity contribution in [3.8, 4) is 0 Å². The van der Waals surface area contributed by atoms with Crippen LogP contribution in [0.1, 0.15) is 11.3 Å². The van der Waals surface area contributed by atoms with E-state index in [1.807, 2.05) is 23.6 Å². The Hall–Kier alpha value is -1.39. The van der Waals surface area contributed by atoms with Gasteiger partial charge in [-0.1, -0.05) is 30.3 Å². The fourth-order valence-corrected chi connectivity index (χ4v) is 2.20. The SMILES string of the molecule is O=C(CCl)Nc1nc(Cc2ccccc2)cs1. The van der Waals surface area contributed by atoms with Crippen molar-refractivity contribution in [3.63, 3.8) is 0 Å². The van der Waals surface area contributed by atoms with Crippen LogP contribution in [0.3, 0.4) is 0 Å². The lowest BCUT2D eigenvalue weighted by atomic mass is 10.1. The molecule has 0 saturated carbocycles. The van der Waals surface area contributed by atoms with Crippen LogP contribution in [0.4, 0.5) is 5.13 Å². The van der Waals surface area contributed by atoms with Crippen LogP contribution in [0.15, 0.2) is 35.7 Å². The Morgan fingerprint density at radius 2 is 2.12 bits per heavy atom. The molecule has 0 atom stereocenters. The van der Waals surface area contributed by atoms with E-state index in [0.29, 0.717) is 5.13 Å². The number of benzene rings is 1. The first-order chi connectivity index (χ1) is 8.28. The molecule has 2 aromatic rings. The van der Waals surface area contributed by atoms with Gasteiger partial charge in [-0.05, 0) is 5.56 Å². The minimum absolute atomic E-state index is 0.0480. The van der Waals surface area contributed by atoms with E-state index >= 15 is 0 Å². The molecular weight excluding hydrogens is 256 g/mol. The summed E-state index contributed by atoms with van der Waals surface area (Å²) in [6.07, 6.45) is 0.772. The zero-order valence-electron chi connectivity index (χ0n) is 9.02. The van der Waals surface area contributed by atoms with Gasteiger partial charge in [0.05, 0.1) is 5.69 Å². The number of nitrogens with one attached hydrogen (secondary N) is 1. The van der Waals surface area contributed by atoms with Crippen LogP contribution < -0.4 is 5.32 Å². The molecule has 1 amide bonds. The molecule has 0 fully saturated rings. The molecule has 2 rings (SSSR count). The van der Waals surface area contributed by atoms with Gasteiger partial charge in [0.15, 0.2) is 5.13 Å². The highest BCUT2D eigenvalue weighted by molar-refractivity contribution is 7.13. The maximum atomic E-state index is 11.1. The molecule has 0 unspecified atom stereocenters. The van der Waals surface area contributed by atoms with Crippen molar-refractivity contribution in [3.05, 3.63) is 47.0 Å². The van der Waals surface area contributed by atoms with Crippen molar-refractivity contribution >= 4 is 34.0 Å². The van der Waals surface area contributed by atoms with Crippen molar-refractivity contribution in [1.29, 1.82) is 0 Å². The number of halogens is 1. The number of rotatable bonds is 4. The first-order valence-corrected chi connectivity index (χ1v) is 6.53. The molecule has 1 aromatic carbocycles. The molecule has 0 radical (unpaired) electrons. The lowest BCUT2D eigenvalue weighted by Crippen LogP contribution is -2.12. The van der Waals surface area contributed by atoms with Gasteiger partial charge >= 0.3 is 0 Å². The molecule has 0 bridgehead atoms. The van der Waals surface area contributed by atoms with Crippen molar-refractivity contribution in [2.45, 2.75) is 6.42 Å². The Labute approximate surface area is 108 Å². The van der Waals surface area contributed by atoms with Crippen LogP contribution >= 0.6 is 22.9 Å². The van der Waals surface area contributed by atoms with E-state index in [0.717, 1.165) is 12.1 Å². The van der Waals surface area contributed by atoms with E-state index in [1.165, 1.54) is 16.9 Å². The van der Waals surface area contributed by atoms with Gasteiger partial charge in [0.25, 0.3) is 0 Å². The molecule has 0 spiro atoms. The van der Waals surface area contributed by atoms with E-state index in [-0.39, 0.29) is 11.8 Å². The van der Waals surface area contributed by atoms with Crippen LogP contribution in [0.25, 0.3) is 0 Å². The summed E-state index contributed by atoms with van der Waals surface area (Å²) in [5, 5.41) is 5.17. The number of alkyl halides is 1. The number of carbonyl (C=O) groups excluding carboxylic acids is 1. The molecule has 0 aliphatic carbocycles. The summed E-state index contributed by atoms with van der Waals surface area (Å²) < 4.78 is 0. The number of carbonyl (C=O) groups is 1.